The van der Waals surface area contributed by atoms with Gasteiger partial charge in [-0.05, 0) is 12.8 Å². The van der Waals surface area contributed by atoms with Crippen molar-refractivity contribution in [3.05, 3.63) is 28.2 Å². The van der Waals surface area contributed by atoms with Crippen molar-refractivity contribution >= 4 is 23.2 Å². The van der Waals surface area contributed by atoms with Crippen LogP contribution < -0.4 is 0 Å². The smallest absolute Gasteiger partial charge is 0.341 e. The predicted octanol–water partition coefficient (Wildman–Crippen LogP) is 2.51. The van der Waals surface area contributed by atoms with Gasteiger partial charge in [-0.1, -0.05) is 25.4 Å². The average Bonchev–Trinajstić information content (AvgIpc) is 2.60. The van der Waals surface area contributed by atoms with Crippen LogP contribution in [0.25, 0.3) is 5.65 Å². The molecule has 0 saturated heterocycles. The molecule has 0 saturated carbocycles. The summed E-state index contributed by atoms with van der Waals surface area (Å²) in [5.74, 6) is -0.850. The Morgan fingerprint density at radius 3 is 2.71 bits per heavy atom. The van der Waals surface area contributed by atoms with Gasteiger partial charge in [0.2, 0.25) is 0 Å². The Morgan fingerprint density at radius 2 is 2.18 bits per heavy atom. The molecule has 2 aromatic rings. The van der Waals surface area contributed by atoms with E-state index in [-0.39, 0.29) is 17.1 Å². The number of hydrogen-bond acceptors (Lipinski definition) is 3. The zero-order valence-corrected chi connectivity index (χ0v) is 10.5. The molecule has 2 heterocycles. The van der Waals surface area contributed by atoms with E-state index in [0.717, 1.165) is 11.3 Å². The van der Waals surface area contributed by atoms with E-state index in [1.807, 2.05) is 20.8 Å². The summed E-state index contributed by atoms with van der Waals surface area (Å²) in [6, 6.07) is 0. The third-order valence-electron chi connectivity index (χ3n) is 2.62. The van der Waals surface area contributed by atoms with Crippen molar-refractivity contribution in [1.82, 2.24) is 14.6 Å². The standard InChI is InChI=1S/C11H12ClN3O2/c1-5(2)8-6(3)14-10-7(11(16)17)4-13-15(10)9(8)12/h4-5H,1-3H3,(H,16,17). The zero-order chi connectivity index (χ0) is 12.7. The summed E-state index contributed by atoms with van der Waals surface area (Å²) in [4.78, 5) is 15.3. The van der Waals surface area contributed by atoms with Gasteiger partial charge >= 0.3 is 5.97 Å². The molecule has 0 atom stereocenters. The molecule has 0 aliphatic heterocycles. The molecular weight excluding hydrogens is 242 g/mol. The maximum atomic E-state index is 11.0. The topological polar surface area (TPSA) is 67.5 Å². The lowest BCUT2D eigenvalue weighted by Crippen LogP contribution is -2.05. The SMILES string of the molecule is Cc1nc2c(C(=O)O)cnn2c(Cl)c1C(C)C. The zero-order valence-electron chi connectivity index (χ0n) is 9.73. The molecule has 5 nitrogen and oxygen atoms in total. The second kappa shape index (κ2) is 4.00. The van der Waals surface area contributed by atoms with Gasteiger partial charge in [-0.15, -0.1) is 0 Å². The monoisotopic (exact) mass is 253 g/mol. The largest absolute Gasteiger partial charge is 0.477 e. The summed E-state index contributed by atoms with van der Waals surface area (Å²) < 4.78 is 1.37. The normalized spacial score (nSPS) is 11.4. The van der Waals surface area contributed by atoms with Gasteiger partial charge in [0.1, 0.15) is 10.7 Å². The predicted molar refractivity (Wildman–Crippen MR) is 63.8 cm³/mol. The Bertz CT molecular complexity index is 604. The number of halogens is 1. The minimum atomic E-state index is -1.06. The molecule has 90 valence electrons. The molecule has 2 rings (SSSR count). The van der Waals surface area contributed by atoms with Crippen LogP contribution in [-0.4, -0.2) is 25.7 Å². The number of hydrogen-bond donors (Lipinski definition) is 1. The number of carbonyl (C=O) groups is 1. The van der Waals surface area contributed by atoms with Gasteiger partial charge in [0.25, 0.3) is 0 Å². The second-order valence-corrected chi connectivity index (χ2v) is 4.51. The van der Waals surface area contributed by atoms with Crippen LogP contribution in [0.15, 0.2) is 6.20 Å². The summed E-state index contributed by atoms with van der Waals surface area (Å²) in [6.07, 6.45) is 1.26. The maximum Gasteiger partial charge on any atom is 0.341 e. The first kappa shape index (κ1) is 11.9. The fraction of sp³-hybridized carbons (Fsp3) is 0.364. The quantitative estimate of drug-likeness (QED) is 0.835. The fourth-order valence-corrected chi connectivity index (χ4v) is 2.36. The third-order valence-corrected chi connectivity index (χ3v) is 2.99. The molecule has 0 aromatic carbocycles. The first-order chi connectivity index (χ1) is 7.93. The number of rotatable bonds is 2. The summed E-state index contributed by atoms with van der Waals surface area (Å²) in [5.41, 5.74) is 1.97. The Hall–Kier alpha value is -1.62. The van der Waals surface area contributed by atoms with Crippen LogP contribution in [0.5, 0.6) is 0 Å². The molecular formula is C11H12ClN3O2. The second-order valence-electron chi connectivity index (χ2n) is 4.16. The minimum Gasteiger partial charge on any atom is -0.477 e. The van der Waals surface area contributed by atoms with Crippen LogP contribution in [0.3, 0.4) is 0 Å². The molecule has 0 amide bonds. The van der Waals surface area contributed by atoms with Gasteiger partial charge in [0, 0.05) is 11.3 Å². The summed E-state index contributed by atoms with van der Waals surface area (Å²) in [5, 5.41) is 13.4. The maximum absolute atomic E-state index is 11.0. The van der Waals surface area contributed by atoms with Gasteiger partial charge in [-0.3, -0.25) is 0 Å². The van der Waals surface area contributed by atoms with Gasteiger partial charge in [0.15, 0.2) is 5.65 Å². The third kappa shape index (κ3) is 1.76. The number of carboxylic acids is 1. The van der Waals surface area contributed by atoms with Crippen LogP contribution in [0.1, 0.15) is 41.4 Å². The lowest BCUT2D eigenvalue weighted by Gasteiger charge is -2.12. The van der Waals surface area contributed by atoms with E-state index in [1.165, 1.54) is 10.7 Å². The van der Waals surface area contributed by atoms with E-state index >= 15 is 0 Å². The van der Waals surface area contributed by atoms with E-state index in [4.69, 9.17) is 16.7 Å². The average molecular weight is 254 g/mol. The van der Waals surface area contributed by atoms with Crippen molar-refractivity contribution in [2.75, 3.05) is 0 Å². The van der Waals surface area contributed by atoms with E-state index in [0.29, 0.717) is 5.15 Å². The first-order valence-corrected chi connectivity index (χ1v) is 5.58. The van der Waals surface area contributed by atoms with E-state index in [9.17, 15) is 4.79 Å². The number of nitrogens with zero attached hydrogens (tertiary/aromatic N) is 3. The van der Waals surface area contributed by atoms with E-state index in [1.54, 1.807) is 0 Å². The molecule has 6 heteroatoms. The highest BCUT2D eigenvalue weighted by Gasteiger charge is 2.19. The van der Waals surface area contributed by atoms with Crippen molar-refractivity contribution in [2.45, 2.75) is 26.7 Å². The molecule has 0 aliphatic carbocycles. The van der Waals surface area contributed by atoms with E-state index < -0.39 is 5.97 Å². The van der Waals surface area contributed by atoms with Crippen molar-refractivity contribution in [1.29, 1.82) is 0 Å². The van der Waals surface area contributed by atoms with Crippen molar-refractivity contribution < 1.29 is 9.90 Å². The first-order valence-electron chi connectivity index (χ1n) is 5.20. The van der Waals surface area contributed by atoms with Crippen LogP contribution in [-0.2, 0) is 0 Å². The highest BCUT2D eigenvalue weighted by molar-refractivity contribution is 6.30. The Kier molecular flexibility index (Phi) is 2.79. The Balaban J connectivity index is 2.83. The minimum absolute atomic E-state index is 0.0605. The Labute approximate surface area is 103 Å². The van der Waals surface area contributed by atoms with Crippen molar-refractivity contribution in [2.24, 2.45) is 0 Å². The summed E-state index contributed by atoms with van der Waals surface area (Å²) >= 11 is 6.23. The summed E-state index contributed by atoms with van der Waals surface area (Å²) in [7, 11) is 0. The molecule has 0 aliphatic rings. The van der Waals surface area contributed by atoms with Crippen molar-refractivity contribution in [3.8, 4) is 0 Å². The number of aryl methyl sites for hydroxylation is 1. The molecule has 0 fully saturated rings. The van der Waals surface area contributed by atoms with E-state index in [2.05, 4.69) is 10.1 Å². The lowest BCUT2D eigenvalue weighted by atomic mass is 10.0. The molecule has 17 heavy (non-hydrogen) atoms. The summed E-state index contributed by atoms with van der Waals surface area (Å²) in [6.45, 7) is 5.83. The van der Waals surface area contributed by atoms with Crippen LogP contribution in [0.4, 0.5) is 0 Å². The van der Waals surface area contributed by atoms with Crippen molar-refractivity contribution in [3.63, 3.8) is 0 Å². The van der Waals surface area contributed by atoms with Gasteiger partial charge < -0.3 is 5.11 Å². The molecule has 0 bridgehead atoms. The molecule has 0 unspecified atom stereocenters. The molecule has 0 radical (unpaired) electrons. The number of aromatic carboxylic acids is 1. The van der Waals surface area contributed by atoms with Gasteiger partial charge in [-0.2, -0.15) is 5.10 Å². The molecule has 0 spiro atoms. The molecule has 2 aromatic heterocycles. The van der Waals surface area contributed by atoms with Gasteiger partial charge in [0.05, 0.1) is 6.20 Å². The highest BCUT2D eigenvalue weighted by atomic mass is 35.5. The lowest BCUT2D eigenvalue weighted by molar-refractivity contribution is 0.0699. The molecule has 1 N–H and O–H groups in total. The van der Waals surface area contributed by atoms with Crippen LogP contribution in [0, 0.1) is 6.92 Å². The van der Waals surface area contributed by atoms with Gasteiger partial charge in [-0.25, -0.2) is 14.3 Å². The van der Waals surface area contributed by atoms with Crippen LogP contribution in [0.2, 0.25) is 5.15 Å². The number of carboxylic acid groups (broad SMARTS) is 1. The number of fused-ring (bicyclic) bond motifs is 1. The Morgan fingerprint density at radius 1 is 1.53 bits per heavy atom. The highest BCUT2D eigenvalue weighted by Crippen LogP contribution is 2.27. The fourth-order valence-electron chi connectivity index (χ4n) is 1.88. The van der Waals surface area contributed by atoms with Crippen LogP contribution >= 0.6 is 11.6 Å². The number of aromatic nitrogens is 3.